The van der Waals surface area contributed by atoms with Crippen molar-refractivity contribution in [3.05, 3.63) is 18.0 Å². The molecule has 1 aromatic heterocycles. The number of aromatic nitrogens is 1. The van der Waals surface area contributed by atoms with E-state index in [1.165, 1.54) is 39.1 Å². The van der Waals surface area contributed by atoms with Gasteiger partial charge in [0.05, 0.1) is 13.2 Å². The lowest BCUT2D eigenvalue weighted by Crippen LogP contribution is -2.44. The van der Waals surface area contributed by atoms with E-state index in [9.17, 15) is 14.7 Å². The second kappa shape index (κ2) is 10.4. The highest BCUT2D eigenvalue weighted by atomic mass is 16.6. The number of aromatic hydroxyl groups is 1. The number of carbonyl (C=O) groups excluding carboxylic acids is 2. The van der Waals surface area contributed by atoms with Crippen molar-refractivity contribution in [2.45, 2.75) is 65.2 Å². The van der Waals surface area contributed by atoms with Crippen LogP contribution in [-0.2, 0) is 14.3 Å². The van der Waals surface area contributed by atoms with E-state index >= 15 is 0 Å². The number of nitrogens with one attached hydrogen (secondary N) is 1. The highest BCUT2D eigenvalue weighted by molar-refractivity contribution is 5.97. The van der Waals surface area contributed by atoms with Crippen molar-refractivity contribution >= 4 is 11.9 Å². The smallest absolute Gasteiger partial charge is 0.328 e. The van der Waals surface area contributed by atoms with Gasteiger partial charge in [0.25, 0.3) is 5.91 Å². The van der Waals surface area contributed by atoms with E-state index in [-0.39, 0.29) is 29.2 Å². The predicted octanol–water partition coefficient (Wildman–Crippen LogP) is 2.69. The molecule has 3 atom stereocenters. The summed E-state index contributed by atoms with van der Waals surface area (Å²) >= 11 is 0. The Kier molecular flexibility index (Phi) is 8.25. The van der Waals surface area contributed by atoms with Crippen molar-refractivity contribution < 1.29 is 28.9 Å². The Morgan fingerprint density at radius 3 is 2.55 bits per heavy atom. The third kappa shape index (κ3) is 6.59. The van der Waals surface area contributed by atoms with E-state index in [2.05, 4.69) is 10.3 Å². The molecule has 0 saturated heterocycles. The molecular weight excluding hydrogens is 376 g/mol. The van der Waals surface area contributed by atoms with E-state index < -0.39 is 24.0 Å². The van der Waals surface area contributed by atoms with Gasteiger partial charge >= 0.3 is 5.97 Å². The lowest BCUT2D eigenvalue weighted by atomic mass is 10.0. The molecule has 8 nitrogen and oxygen atoms in total. The van der Waals surface area contributed by atoms with E-state index in [4.69, 9.17) is 14.2 Å². The molecule has 1 fully saturated rings. The van der Waals surface area contributed by atoms with Gasteiger partial charge in [0.1, 0.15) is 12.1 Å². The van der Waals surface area contributed by atoms with Gasteiger partial charge in [-0.1, -0.05) is 26.7 Å². The van der Waals surface area contributed by atoms with Gasteiger partial charge in [-0.3, -0.25) is 4.79 Å². The van der Waals surface area contributed by atoms with Crippen LogP contribution in [-0.4, -0.2) is 53.9 Å². The summed E-state index contributed by atoms with van der Waals surface area (Å²) in [6.45, 7) is 7.99. The molecule has 8 heteroatoms. The van der Waals surface area contributed by atoms with Gasteiger partial charge in [0, 0.05) is 18.9 Å². The lowest BCUT2D eigenvalue weighted by Gasteiger charge is -2.28. The van der Waals surface area contributed by atoms with Crippen LogP contribution >= 0.6 is 0 Å². The number of hydrogen-bond donors (Lipinski definition) is 2. The molecule has 1 aliphatic carbocycles. The maximum absolute atomic E-state index is 12.5. The molecule has 29 heavy (non-hydrogen) atoms. The molecule has 0 aromatic carbocycles. The Balaban J connectivity index is 1.92. The van der Waals surface area contributed by atoms with Crippen LogP contribution in [0.4, 0.5) is 0 Å². The first kappa shape index (κ1) is 22.9. The highest BCUT2D eigenvalue weighted by Gasteiger charge is 2.30. The Bertz CT molecular complexity index is 704. The number of carbonyl (C=O) groups is 2. The van der Waals surface area contributed by atoms with Gasteiger partial charge in [-0.15, -0.1) is 0 Å². The number of nitrogens with zero attached hydrogens (tertiary/aromatic N) is 1. The second-order valence-corrected chi connectivity index (χ2v) is 7.86. The number of pyridine rings is 1. The van der Waals surface area contributed by atoms with Crippen molar-refractivity contribution in [1.82, 2.24) is 10.3 Å². The maximum atomic E-state index is 12.5. The number of rotatable bonds is 11. The number of amides is 1. The topological polar surface area (TPSA) is 107 Å². The molecule has 162 valence electrons. The first-order valence-electron chi connectivity index (χ1n) is 10.1. The zero-order valence-electron chi connectivity index (χ0n) is 17.8. The number of hydrogen-bond acceptors (Lipinski definition) is 7. The SMILES string of the molecule is COc1ccnc(C(=O)N[C@@H](C)C(=O)OC(C(C)C)[C@H](C)OCCC2CC2)c1O. The summed E-state index contributed by atoms with van der Waals surface area (Å²) in [6.07, 6.45) is 4.25. The molecule has 1 aromatic rings. The molecular formula is C21H32N2O6. The fourth-order valence-corrected chi connectivity index (χ4v) is 3.02. The Morgan fingerprint density at radius 2 is 1.97 bits per heavy atom. The van der Waals surface area contributed by atoms with Crippen LogP contribution < -0.4 is 10.1 Å². The quantitative estimate of drug-likeness (QED) is 0.542. The number of ether oxygens (including phenoxy) is 3. The van der Waals surface area contributed by atoms with Crippen LogP contribution in [0, 0.1) is 11.8 Å². The van der Waals surface area contributed by atoms with Gasteiger partial charge in [-0.05, 0) is 32.1 Å². The fraction of sp³-hybridized carbons (Fsp3) is 0.667. The monoisotopic (exact) mass is 408 g/mol. The zero-order valence-corrected chi connectivity index (χ0v) is 17.8. The zero-order chi connectivity index (χ0) is 21.6. The summed E-state index contributed by atoms with van der Waals surface area (Å²) in [5, 5.41) is 12.6. The molecule has 0 spiro atoms. The molecule has 0 bridgehead atoms. The highest BCUT2D eigenvalue weighted by Crippen LogP contribution is 2.32. The minimum absolute atomic E-state index is 0.0573. The van der Waals surface area contributed by atoms with Crippen molar-refractivity contribution in [3.63, 3.8) is 0 Å². The molecule has 2 rings (SSSR count). The maximum Gasteiger partial charge on any atom is 0.328 e. The molecule has 1 unspecified atom stereocenters. The Labute approximate surface area is 171 Å². The average molecular weight is 408 g/mol. The first-order chi connectivity index (χ1) is 13.7. The summed E-state index contributed by atoms with van der Waals surface area (Å²) in [5.74, 6) is -0.693. The largest absolute Gasteiger partial charge is 0.503 e. The van der Waals surface area contributed by atoms with Crippen LogP contribution in [0.1, 0.15) is 57.4 Å². The number of esters is 1. The van der Waals surface area contributed by atoms with Crippen LogP contribution in [0.15, 0.2) is 12.3 Å². The minimum Gasteiger partial charge on any atom is -0.503 e. The van der Waals surface area contributed by atoms with Gasteiger partial charge < -0.3 is 24.6 Å². The minimum atomic E-state index is -0.921. The van der Waals surface area contributed by atoms with Gasteiger partial charge in [-0.2, -0.15) is 0 Å². The van der Waals surface area contributed by atoms with Crippen LogP contribution in [0.2, 0.25) is 0 Å². The van der Waals surface area contributed by atoms with E-state index in [1.807, 2.05) is 20.8 Å². The van der Waals surface area contributed by atoms with Crippen molar-refractivity contribution in [2.24, 2.45) is 11.8 Å². The van der Waals surface area contributed by atoms with Crippen LogP contribution in [0.3, 0.4) is 0 Å². The second-order valence-electron chi connectivity index (χ2n) is 7.86. The summed E-state index contributed by atoms with van der Waals surface area (Å²) < 4.78 is 16.5. The molecule has 0 radical (unpaired) electrons. The van der Waals surface area contributed by atoms with E-state index in [0.717, 1.165) is 12.3 Å². The average Bonchev–Trinajstić information content (AvgIpc) is 3.49. The summed E-state index contributed by atoms with van der Waals surface area (Å²) in [7, 11) is 1.37. The predicted molar refractivity (Wildman–Crippen MR) is 107 cm³/mol. The summed E-state index contributed by atoms with van der Waals surface area (Å²) in [5.41, 5.74) is -0.221. The summed E-state index contributed by atoms with van der Waals surface area (Å²) in [6, 6.07) is 0.511. The van der Waals surface area contributed by atoms with Crippen molar-refractivity contribution in [3.8, 4) is 11.5 Å². The standard InChI is InChI=1S/C21H32N2O6/c1-12(2)19(14(4)28-11-9-15-6-7-15)29-21(26)13(3)23-20(25)17-18(24)16(27-5)8-10-22-17/h8,10,12-15,19,24H,6-7,9,11H2,1-5H3,(H,23,25)/t13-,14-,19?/m0/s1. The third-order valence-corrected chi connectivity index (χ3v) is 5.00. The third-order valence-electron chi connectivity index (χ3n) is 5.00. The first-order valence-corrected chi connectivity index (χ1v) is 10.1. The van der Waals surface area contributed by atoms with Crippen LogP contribution in [0.5, 0.6) is 11.5 Å². The summed E-state index contributed by atoms with van der Waals surface area (Å²) in [4.78, 5) is 28.8. The molecule has 1 amide bonds. The fourth-order valence-electron chi connectivity index (χ4n) is 3.02. The molecule has 1 saturated carbocycles. The van der Waals surface area contributed by atoms with Gasteiger partial charge in [0.2, 0.25) is 0 Å². The lowest BCUT2D eigenvalue weighted by molar-refractivity contribution is -0.162. The molecule has 2 N–H and O–H groups in total. The Hall–Kier alpha value is -2.35. The molecule has 1 aliphatic rings. The van der Waals surface area contributed by atoms with Crippen LogP contribution in [0.25, 0.3) is 0 Å². The van der Waals surface area contributed by atoms with E-state index in [1.54, 1.807) is 0 Å². The van der Waals surface area contributed by atoms with Crippen molar-refractivity contribution in [2.75, 3.05) is 13.7 Å². The van der Waals surface area contributed by atoms with E-state index in [0.29, 0.717) is 6.61 Å². The molecule has 0 aliphatic heterocycles. The molecule has 1 heterocycles. The normalized spacial score (nSPS) is 16.8. The Morgan fingerprint density at radius 1 is 1.28 bits per heavy atom. The number of methoxy groups -OCH3 is 1. The van der Waals surface area contributed by atoms with Gasteiger partial charge in [-0.25, -0.2) is 9.78 Å². The van der Waals surface area contributed by atoms with Crippen molar-refractivity contribution in [1.29, 1.82) is 0 Å². The van der Waals surface area contributed by atoms with Gasteiger partial charge in [0.15, 0.2) is 17.2 Å².